The molecule has 0 aromatic rings. The van der Waals surface area contributed by atoms with Crippen molar-refractivity contribution >= 4 is 5.97 Å². The third-order valence-electron chi connectivity index (χ3n) is 1.61. The molecule has 0 amide bonds. The van der Waals surface area contributed by atoms with Gasteiger partial charge in [0.1, 0.15) is 5.60 Å². The molecule has 0 spiro atoms. The minimum absolute atomic E-state index is 0.0979. The molecule has 0 bridgehead atoms. The van der Waals surface area contributed by atoms with E-state index in [0.717, 1.165) is 0 Å². The minimum atomic E-state index is -0.403. The van der Waals surface area contributed by atoms with Crippen LogP contribution in [0.2, 0.25) is 0 Å². The van der Waals surface area contributed by atoms with Gasteiger partial charge < -0.3 is 10.1 Å². The van der Waals surface area contributed by atoms with E-state index in [2.05, 4.69) is 17.2 Å². The second kappa shape index (κ2) is 6.47. The molecule has 0 fully saturated rings. The zero-order valence-electron chi connectivity index (χ0n) is 10.3. The lowest BCUT2D eigenvalue weighted by Crippen LogP contribution is -2.32. The highest BCUT2D eigenvalue weighted by Crippen LogP contribution is 2.08. The SMILES string of the molecule is CC#CCNC(C)CC(=O)OC(C)(C)C. The number of hydrogen-bond donors (Lipinski definition) is 1. The van der Waals surface area contributed by atoms with E-state index in [0.29, 0.717) is 13.0 Å². The predicted octanol–water partition coefficient (Wildman–Crippen LogP) is 1.72. The summed E-state index contributed by atoms with van der Waals surface area (Å²) in [4.78, 5) is 11.4. The van der Waals surface area contributed by atoms with Crippen LogP contribution < -0.4 is 5.32 Å². The average molecular weight is 211 g/mol. The van der Waals surface area contributed by atoms with Crippen LogP contribution in [0, 0.1) is 11.8 Å². The molecule has 0 aliphatic carbocycles. The van der Waals surface area contributed by atoms with Crippen molar-refractivity contribution in [3.63, 3.8) is 0 Å². The van der Waals surface area contributed by atoms with Gasteiger partial charge in [-0.3, -0.25) is 4.79 Å². The number of carbonyl (C=O) groups is 1. The Morgan fingerprint density at radius 3 is 2.53 bits per heavy atom. The van der Waals surface area contributed by atoms with Crippen LogP contribution in [0.5, 0.6) is 0 Å². The normalized spacial score (nSPS) is 12.6. The van der Waals surface area contributed by atoms with E-state index in [1.54, 1.807) is 6.92 Å². The maximum Gasteiger partial charge on any atom is 0.307 e. The third kappa shape index (κ3) is 9.30. The maximum absolute atomic E-state index is 11.4. The molecule has 0 aliphatic rings. The molecule has 0 radical (unpaired) electrons. The molecule has 0 aliphatic heterocycles. The molecule has 0 aromatic heterocycles. The van der Waals surface area contributed by atoms with Gasteiger partial charge in [-0.25, -0.2) is 0 Å². The van der Waals surface area contributed by atoms with Crippen LogP contribution in [0.15, 0.2) is 0 Å². The molecular weight excluding hydrogens is 190 g/mol. The van der Waals surface area contributed by atoms with Gasteiger partial charge in [0.05, 0.1) is 13.0 Å². The molecule has 1 unspecified atom stereocenters. The first-order chi connectivity index (χ1) is 6.85. The Kier molecular flexibility index (Phi) is 6.03. The van der Waals surface area contributed by atoms with Crippen LogP contribution in [-0.2, 0) is 9.53 Å². The monoisotopic (exact) mass is 211 g/mol. The average Bonchev–Trinajstić information content (AvgIpc) is 2.00. The highest BCUT2D eigenvalue weighted by molar-refractivity contribution is 5.70. The van der Waals surface area contributed by atoms with Crippen LogP contribution in [-0.4, -0.2) is 24.2 Å². The van der Waals surface area contributed by atoms with Crippen molar-refractivity contribution in [2.75, 3.05) is 6.54 Å². The molecule has 1 N–H and O–H groups in total. The number of carbonyl (C=O) groups excluding carboxylic acids is 1. The van der Waals surface area contributed by atoms with Gasteiger partial charge in [-0.1, -0.05) is 5.92 Å². The maximum atomic E-state index is 11.4. The molecule has 15 heavy (non-hydrogen) atoms. The largest absolute Gasteiger partial charge is 0.460 e. The number of rotatable bonds is 4. The summed E-state index contributed by atoms with van der Waals surface area (Å²) >= 11 is 0. The smallest absolute Gasteiger partial charge is 0.307 e. The first kappa shape index (κ1) is 14.0. The molecule has 3 nitrogen and oxygen atoms in total. The highest BCUT2D eigenvalue weighted by atomic mass is 16.6. The first-order valence-corrected chi connectivity index (χ1v) is 5.20. The topological polar surface area (TPSA) is 38.3 Å². The lowest BCUT2D eigenvalue weighted by molar-refractivity contribution is -0.155. The van der Waals surface area contributed by atoms with Gasteiger partial charge in [0.15, 0.2) is 0 Å². The van der Waals surface area contributed by atoms with Gasteiger partial charge in [-0.2, -0.15) is 0 Å². The summed E-state index contributed by atoms with van der Waals surface area (Å²) in [5.41, 5.74) is -0.403. The van der Waals surface area contributed by atoms with Crippen molar-refractivity contribution in [2.45, 2.75) is 52.7 Å². The minimum Gasteiger partial charge on any atom is -0.460 e. The molecule has 86 valence electrons. The van der Waals surface area contributed by atoms with E-state index in [9.17, 15) is 4.79 Å². The van der Waals surface area contributed by atoms with Crippen molar-refractivity contribution in [1.29, 1.82) is 0 Å². The van der Waals surface area contributed by atoms with Crippen molar-refractivity contribution < 1.29 is 9.53 Å². The van der Waals surface area contributed by atoms with Crippen LogP contribution in [0.3, 0.4) is 0 Å². The Balaban J connectivity index is 3.80. The van der Waals surface area contributed by atoms with E-state index in [4.69, 9.17) is 4.74 Å². The van der Waals surface area contributed by atoms with Crippen molar-refractivity contribution in [2.24, 2.45) is 0 Å². The van der Waals surface area contributed by atoms with E-state index < -0.39 is 5.60 Å². The summed E-state index contributed by atoms with van der Waals surface area (Å²) in [6, 6.07) is 0.0979. The van der Waals surface area contributed by atoms with Crippen LogP contribution in [0.25, 0.3) is 0 Å². The number of nitrogens with one attached hydrogen (secondary N) is 1. The van der Waals surface area contributed by atoms with Crippen molar-refractivity contribution in [1.82, 2.24) is 5.32 Å². The second-order valence-corrected chi connectivity index (χ2v) is 4.50. The summed E-state index contributed by atoms with van der Waals surface area (Å²) in [6.07, 6.45) is 0.378. The van der Waals surface area contributed by atoms with Gasteiger partial charge in [0.25, 0.3) is 0 Å². The molecule has 0 saturated carbocycles. The van der Waals surface area contributed by atoms with E-state index >= 15 is 0 Å². The van der Waals surface area contributed by atoms with Crippen molar-refractivity contribution in [3.05, 3.63) is 0 Å². The summed E-state index contributed by atoms with van der Waals surface area (Å²) in [5, 5.41) is 3.13. The van der Waals surface area contributed by atoms with Gasteiger partial charge in [0, 0.05) is 6.04 Å². The number of hydrogen-bond acceptors (Lipinski definition) is 3. The Labute approximate surface area is 92.6 Å². The number of ether oxygens (including phenoxy) is 1. The second-order valence-electron chi connectivity index (χ2n) is 4.50. The Morgan fingerprint density at radius 1 is 1.47 bits per heavy atom. The fourth-order valence-electron chi connectivity index (χ4n) is 1.02. The zero-order chi connectivity index (χ0) is 11.9. The summed E-state index contributed by atoms with van der Waals surface area (Å²) in [5.74, 6) is 5.50. The first-order valence-electron chi connectivity index (χ1n) is 5.20. The molecule has 0 heterocycles. The summed E-state index contributed by atoms with van der Waals surface area (Å²) < 4.78 is 5.20. The lowest BCUT2D eigenvalue weighted by Gasteiger charge is -2.21. The zero-order valence-corrected chi connectivity index (χ0v) is 10.3. The van der Waals surface area contributed by atoms with Crippen LogP contribution in [0.1, 0.15) is 41.0 Å². The van der Waals surface area contributed by atoms with Gasteiger partial charge in [-0.05, 0) is 34.6 Å². The molecule has 3 heteroatoms. The molecule has 0 saturated heterocycles. The fraction of sp³-hybridized carbons (Fsp3) is 0.750. The van der Waals surface area contributed by atoms with Crippen LogP contribution >= 0.6 is 0 Å². The quantitative estimate of drug-likeness (QED) is 0.568. The molecular formula is C12H21NO2. The number of esters is 1. The Bertz CT molecular complexity index is 255. The lowest BCUT2D eigenvalue weighted by atomic mass is 10.2. The van der Waals surface area contributed by atoms with Crippen molar-refractivity contribution in [3.8, 4) is 11.8 Å². The summed E-state index contributed by atoms with van der Waals surface area (Å²) in [7, 11) is 0. The third-order valence-corrected chi connectivity index (χ3v) is 1.61. The van der Waals surface area contributed by atoms with E-state index in [-0.39, 0.29) is 12.0 Å². The predicted molar refractivity (Wildman–Crippen MR) is 61.4 cm³/mol. The van der Waals surface area contributed by atoms with E-state index in [1.807, 2.05) is 27.7 Å². The molecule has 1 atom stereocenters. The molecule has 0 aromatic carbocycles. The van der Waals surface area contributed by atoms with Gasteiger partial charge in [0.2, 0.25) is 0 Å². The highest BCUT2D eigenvalue weighted by Gasteiger charge is 2.17. The van der Waals surface area contributed by atoms with Gasteiger partial charge >= 0.3 is 5.97 Å². The Morgan fingerprint density at radius 2 is 2.07 bits per heavy atom. The van der Waals surface area contributed by atoms with Gasteiger partial charge in [-0.15, -0.1) is 5.92 Å². The Hall–Kier alpha value is -1.01. The van der Waals surface area contributed by atoms with Crippen LogP contribution in [0.4, 0.5) is 0 Å². The standard InChI is InChI=1S/C12H21NO2/c1-6-7-8-13-10(2)9-11(14)15-12(3,4)5/h10,13H,8-9H2,1-5H3. The fourth-order valence-corrected chi connectivity index (χ4v) is 1.02. The van der Waals surface area contributed by atoms with E-state index in [1.165, 1.54) is 0 Å². The molecule has 0 rings (SSSR count). The summed E-state index contributed by atoms with van der Waals surface area (Å²) in [6.45, 7) is 9.95.